The van der Waals surface area contributed by atoms with Crippen LogP contribution in [0.25, 0.3) is 0 Å². The molecule has 0 unspecified atom stereocenters. The van der Waals surface area contributed by atoms with Crippen molar-refractivity contribution in [2.75, 3.05) is 6.54 Å². The van der Waals surface area contributed by atoms with Gasteiger partial charge in [0.1, 0.15) is 0 Å². The number of nitrogens with one attached hydrogen (secondary N) is 1. The van der Waals surface area contributed by atoms with Gasteiger partial charge in [0, 0.05) is 25.2 Å². The monoisotopic (exact) mass is 279 g/mol. The van der Waals surface area contributed by atoms with Crippen LogP contribution in [0.3, 0.4) is 0 Å². The highest BCUT2D eigenvalue weighted by Gasteiger charge is 2.19. The first-order valence-electron chi connectivity index (χ1n) is 7.50. The van der Waals surface area contributed by atoms with Gasteiger partial charge in [-0.05, 0) is 51.5 Å². The summed E-state index contributed by atoms with van der Waals surface area (Å²) in [6.45, 7) is 5.34. The summed E-state index contributed by atoms with van der Waals surface area (Å²) in [6, 6.07) is 2.02. The number of hydrogen-bond acceptors (Lipinski definition) is 3. The van der Waals surface area contributed by atoms with Crippen LogP contribution < -0.4 is 5.32 Å². The van der Waals surface area contributed by atoms with Crippen LogP contribution in [0.2, 0.25) is 0 Å². The fourth-order valence-corrected chi connectivity index (χ4v) is 2.80. The standard InChI is InChI=1S/C15H25N3O2/c1-11-9-12(2)18(17-11)8-7-15(20)16-10-13-3-5-14(19)6-4-13/h9,13-14,19H,3-8,10H2,1-2H3,(H,16,20). The van der Waals surface area contributed by atoms with E-state index in [1.165, 1.54) is 0 Å². The molecule has 0 radical (unpaired) electrons. The molecule has 1 aliphatic rings. The minimum Gasteiger partial charge on any atom is -0.393 e. The Morgan fingerprint density at radius 1 is 1.40 bits per heavy atom. The Labute approximate surface area is 120 Å². The Hall–Kier alpha value is -1.36. The second-order valence-electron chi connectivity index (χ2n) is 5.88. The summed E-state index contributed by atoms with van der Waals surface area (Å²) in [7, 11) is 0. The molecule has 1 aromatic heterocycles. The molecule has 20 heavy (non-hydrogen) atoms. The molecule has 1 aromatic rings. The van der Waals surface area contributed by atoms with Crippen molar-refractivity contribution in [3.8, 4) is 0 Å². The van der Waals surface area contributed by atoms with Crippen LogP contribution >= 0.6 is 0 Å². The van der Waals surface area contributed by atoms with Gasteiger partial charge in [-0.1, -0.05) is 0 Å². The Morgan fingerprint density at radius 2 is 2.10 bits per heavy atom. The number of hydrogen-bond donors (Lipinski definition) is 2. The highest BCUT2D eigenvalue weighted by atomic mass is 16.3. The number of carbonyl (C=O) groups is 1. The van der Waals surface area contributed by atoms with Crippen LogP contribution in [-0.4, -0.2) is 33.4 Å². The summed E-state index contributed by atoms with van der Waals surface area (Å²) < 4.78 is 1.88. The van der Waals surface area contributed by atoms with Crippen LogP contribution in [0.15, 0.2) is 6.07 Å². The van der Waals surface area contributed by atoms with Crippen molar-refractivity contribution < 1.29 is 9.90 Å². The van der Waals surface area contributed by atoms with Gasteiger partial charge in [-0.25, -0.2) is 0 Å². The zero-order chi connectivity index (χ0) is 14.5. The van der Waals surface area contributed by atoms with Gasteiger partial charge in [0.15, 0.2) is 0 Å². The molecule has 0 spiro atoms. The minimum atomic E-state index is -0.131. The molecule has 1 aliphatic carbocycles. The zero-order valence-electron chi connectivity index (χ0n) is 12.4. The van der Waals surface area contributed by atoms with Crippen molar-refractivity contribution >= 4 is 5.91 Å². The van der Waals surface area contributed by atoms with Crippen LogP contribution in [0.5, 0.6) is 0 Å². The molecule has 112 valence electrons. The third-order valence-corrected chi connectivity index (χ3v) is 4.06. The smallest absolute Gasteiger partial charge is 0.221 e. The summed E-state index contributed by atoms with van der Waals surface area (Å²) in [4.78, 5) is 11.8. The van der Waals surface area contributed by atoms with E-state index in [9.17, 15) is 9.90 Å². The lowest BCUT2D eigenvalue weighted by Gasteiger charge is -2.25. The fourth-order valence-electron chi connectivity index (χ4n) is 2.80. The molecule has 0 bridgehead atoms. The number of aliphatic hydroxyl groups excluding tert-OH is 1. The lowest BCUT2D eigenvalue weighted by atomic mass is 9.87. The maximum absolute atomic E-state index is 11.8. The minimum absolute atomic E-state index is 0.0867. The van der Waals surface area contributed by atoms with Crippen molar-refractivity contribution in [1.82, 2.24) is 15.1 Å². The Kier molecular flexibility index (Phi) is 5.17. The molecule has 1 amide bonds. The number of carbonyl (C=O) groups excluding carboxylic acids is 1. The summed E-state index contributed by atoms with van der Waals surface area (Å²) in [5, 5.41) is 16.8. The maximum Gasteiger partial charge on any atom is 0.221 e. The van der Waals surface area contributed by atoms with E-state index in [-0.39, 0.29) is 12.0 Å². The van der Waals surface area contributed by atoms with Gasteiger partial charge >= 0.3 is 0 Å². The van der Waals surface area contributed by atoms with Crippen LogP contribution in [0.4, 0.5) is 0 Å². The van der Waals surface area contributed by atoms with E-state index in [2.05, 4.69) is 10.4 Å². The van der Waals surface area contributed by atoms with Gasteiger partial charge in [0.05, 0.1) is 11.8 Å². The predicted molar refractivity (Wildman–Crippen MR) is 77.3 cm³/mol. The van der Waals surface area contributed by atoms with E-state index in [0.29, 0.717) is 18.9 Å². The molecule has 1 heterocycles. The molecule has 0 atom stereocenters. The highest BCUT2D eigenvalue weighted by molar-refractivity contribution is 5.75. The van der Waals surface area contributed by atoms with Gasteiger partial charge in [-0.3, -0.25) is 9.48 Å². The summed E-state index contributed by atoms with van der Waals surface area (Å²) in [6.07, 6.45) is 4.10. The Bertz CT molecular complexity index is 448. The quantitative estimate of drug-likeness (QED) is 0.859. The molecule has 1 saturated carbocycles. The van der Waals surface area contributed by atoms with Gasteiger partial charge in [-0.15, -0.1) is 0 Å². The van der Waals surface area contributed by atoms with Crippen LogP contribution in [-0.2, 0) is 11.3 Å². The molecule has 5 heteroatoms. The average molecular weight is 279 g/mol. The number of aliphatic hydroxyl groups is 1. The van der Waals surface area contributed by atoms with Crippen molar-refractivity contribution in [2.45, 2.75) is 58.6 Å². The van der Waals surface area contributed by atoms with Gasteiger partial charge < -0.3 is 10.4 Å². The lowest BCUT2D eigenvalue weighted by Crippen LogP contribution is -2.32. The van der Waals surface area contributed by atoms with Gasteiger partial charge in [0.2, 0.25) is 5.91 Å². The average Bonchev–Trinajstić information content (AvgIpc) is 2.74. The van der Waals surface area contributed by atoms with E-state index in [1.54, 1.807) is 0 Å². The molecule has 0 aromatic carbocycles. The largest absolute Gasteiger partial charge is 0.393 e. The highest BCUT2D eigenvalue weighted by Crippen LogP contribution is 2.23. The van der Waals surface area contributed by atoms with Gasteiger partial charge in [0.25, 0.3) is 0 Å². The second-order valence-corrected chi connectivity index (χ2v) is 5.88. The molecular weight excluding hydrogens is 254 g/mol. The molecule has 2 rings (SSSR count). The van der Waals surface area contributed by atoms with E-state index in [1.807, 2.05) is 24.6 Å². The lowest BCUT2D eigenvalue weighted by molar-refractivity contribution is -0.121. The second kappa shape index (κ2) is 6.88. The molecule has 5 nitrogen and oxygen atoms in total. The van der Waals surface area contributed by atoms with E-state index in [4.69, 9.17) is 0 Å². The molecule has 0 saturated heterocycles. The molecule has 1 fully saturated rings. The van der Waals surface area contributed by atoms with Crippen molar-refractivity contribution in [2.24, 2.45) is 5.92 Å². The van der Waals surface area contributed by atoms with E-state index >= 15 is 0 Å². The number of rotatable bonds is 5. The third kappa shape index (κ3) is 4.34. The van der Waals surface area contributed by atoms with E-state index < -0.39 is 0 Å². The first-order chi connectivity index (χ1) is 9.54. The number of amides is 1. The molecule has 0 aliphatic heterocycles. The summed E-state index contributed by atoms with van der Waals surface area (Å²) >= 11 is 0. The maximum atomic E-state index is 11.8. The Balaban J connectivity index is 1.67. The first kappa shape index (κ1) is 15.0. The third-order valence-electron chi connectivity index (χ3n) is 4.06. The normalized spacial score (nSPS) is 22.8. The van der Waals surface area contributed by atoms with Crippen LogP contribution in [0.1, 0.15) is 43.5 Å². The summed E-state index contributed by atoms with van der Waals surface area (Å²) in [5.74, 6) is 0.611. The summed E-state index contributed by atoms with van der Waals surface area (Å²) in [5.41, 5.74) is 2.08. The number of aryl methyl sites for hydroxylation is 3. The van der Waals surface area contributed by atoms with Crippen LogP contribution in [0, 0.1) is 19.8 Å². The molecule has 2 N–H and O–H groups in total. The fraction of sp³-hybridized carbons (Fsp3) is 0.733. The molecular formula is C15H25N3O2. The van der Waals surface area contributed by atoms with E-state index in [0.717, 1.165) is 43.6 Å². The number of aromatic nitrogens is 2. The van der Waals surface area contributed by atoms with Crippen molar-refractivity contribution in [3.63, 3.8) is 0 Å². The SMILES string of the molecule is Cc1cc(C)n(CCC(=O)NCC2CCC(O)CC2)n1. The van der Waals surface area contributed by atoms with Gasteiger partial charge in [-0.2, -0.15) is 5.10 Å². The van der Waals surface area contributed by atoms with Crippen molar-refractivity contribution in [1.29, 1.82) is 0 Å². The first-order valence-corrected chi connectivity index (χ1v) is 7.50. The topological polar surface area (TPSA) is 67.2 Å². The predicted octanol–water partition coefficient (Wildman–Crippen LogP) is 1.56. The van der Waals surface area contributed by atoms with Crippen molar-refractivity contribution in [3.05, 3.63) is 17.5 Å². The number of nitrogens with zero attached hydrogens (tertiary/aromatic N) is 2. The zero-order valence-corrected chi connectivity index (χ0v) is 12.4. The Morgan fingerprint density at radius 3 is 2.70 bits per heavy atom.